The number of amides is 1. The summed E-state index contributed by atoms with van der Waals surface area (Å²) < 4.78 is 13.9. The van der Waals surface area contributed by atoms with E-state index in [1.54, 1.807) is 0 Å². The second kappa shape index (κ2) is 10.9. The standard InChI is InChI=1S/C33H34N4O3/c1-6-10-29-36-31-26(35-32(38)40-33(3,4)5)12-9-13-27(31)37(29)19-22-15-16-24-23(17-22)20-39-28-14-8-7-11-25(28)30(24)21(2)18-34/h7-9,11-17H,6,10,19-20H2,1-5H3,(H,35,38). The Kier molecular flexibility index (Phi) is 7.36. The Labute approximate surface area is 235 Å². The molecule has 0 atom stereocenters. The highest BCUT2D eigenvalue weighted by Crippen LogP contribution is 2.39. The van der Waals surface area contributed by atoms with Crippen molar-refractivity contribution in [3.8, 4) is 11.8 Å². The van der Waals surface area contributed by atoms with Gasteiger partial charge < -0.3 is 14.0 Å². The Hall–Kier alpha value is -4.57. The summed E-state index contributed by atoms with van der Waals surface area (Å²) in [6.45, 7) is 10.5. The predicted octanol–water partition coefficient (Wildman–Crippen LogP) is 7.62. The SMILES string of the molecule is CCCc1nc2c(NC(=O)OC(C)(C)C)cccc2n1Cc1ccc2c(c1)COc1ccccc1C2=C(C)C#N. The minimum atomic E-state index is -0.595. The zero-order chi connectivity index (χ0) is 28.4. The minimum absolute atomic E-state index is 0.416. The largest absolute Gasteiger partial charge is 0.488 e. The number of ether oxygens (including phenoxy) is 2. The van der Waals surface area contributed by atoms with E-state index in [9.17, 15) is 10.1 Å². The van der Waals surface area contributed by atoms with E-state index in [1.165, 1.54) is 0 Å². The molecule has 0 fully saturated rings. The first-order chi connectivity index (χ1) is 19.2. The van der Waals surface area contributed by atoms with Crippen LogP contribution in [0.1, 0.15) is 69.1 Å². The van der Waals surface area contributed by atoms with Crippen molar-refractivity contribution >= 4 is 28.4 Å². The van der Waals surface area contributed by atoms with Crippen LogP contribution in [0.2, 0.25) is 0 Å². The number of fused-ring (bicyclic) bond motifs is 3. The van der Waals surface area contributed by atoms with E-state index in [-0.39, 0.29) is 0 Å². The normalized spacial score (nSPS) is 13.9. The van der Waals surface area contributed by atoms with Crippen LogP contribution < -0.4 is 10.1 Å². The third-order valence-electron chi connectivity index (χ3n) is 6.83. The van der Waals surface area contributed by atoms with Gasteiger partial charge in [-0.2, -0.15) is 5.26 Å². The maximum Gasteiger partial charge on any atom is 0.412 e. The van der Waals surface area contributed by atoms with Crippen molar-refractivity contribution in [3.63, 3.8) is 0 Å². The van der Waals surface area contributed by atoms with Crippen molar-refractivity contribution in [1.29, 1.82) is 5.26 Å². The first kappa shape index (κ1) is 27.0. The van der Waals surface area contributed by atoms with Crippen LogP contribution in [0.5, 0.6) is 5.75 Å². The van der Waals surface area contributed by atoms with Crippen molar-refractivity contribution < 1.29 is 14.3 Å². The van der Waals surface area contributed by atoms with E-state index in [2.05, 4.69) is 41.1 Å². The van der Waals surface area contributed by atoms with E-state index < -0.39 is 11.7 Å². The molecule has 1 aliphatic heterocycles. The first-order valence-corrected chi connectivity index (χ1v) is 13.6. The summed E-state index contributed by atoms with van der Waals surface area (Å²) in [6.07, 6.45) is 1.24. The maximum absolute atomic E-state index is 12.5. The fourth-order valence-electron chi connectivity index (χ4n) is 5.15. The number of benzene rings is 3. The van der Waals surface area contributed by atoms with Gasteiger partial charge in [-0.15, -0.1) is 0 Å². The number of nitriles is 1. The van der Waals surface area contributed by atoms with Gasteiger partial charge in [0.25, 0.3) is 0 Å². The number of aromatic nitrogens is 2. The molecule has 0 unspecified atom stereocenters. The Morgan fingerprint density at radius 2 is 1.93 bits per heavy atom. The number of anilines is 1. The Morgan fingerprint density at radius 3 is 2.67 bits per heavy atom. The molecule has 2 heterocycles. The number of imidazole rings is 1. The number of nitrogens with one attached hydrogen (secondary N) is 1. The molecule has 0 spiro atoms. The molecule has 40 heavy (non-hydrogen) atoms. The molecule has 0 aliphatic carbocycles. The Bertz CT molecular complexity index is 1670. The lowest BCUT2D eigenvalue weighted by Crippen LogP contribution is -2.27. The second-order valence-electron chi connectivity index (χ2n) is 11.1. The summed E-state index contributed by atoms with van der Waals surface area (Å²) in [7, 11) is 0. The number of rotatable bonds is 5. The average Bonchev–Trinajstić information content (AvgIpc) is 3.16. The molecule has 7 nitrogen and oxygen atoms in total. The first-order valence-electron chi connectivity index (χ1n) is 13.6. The van der Waals surface area contributed by atoms with Crippen LogP contribution in [0.25, 0.3) is 16.6 Å². The molecule has 3 aromatic carbocycles. The average molecular weight is 535 g/mol. The molecular weight excluding hydrogens is 500 g/mol. The lowest BCUT2D eigenvalue weighted by molar-refractivity contribution is 0.0636. The summed E-state index contributed by atoms with van der Waals surface area (Å²) in [4.78, 5) is 17.5. The van der Waals surface area contributed by atoms with Gasteiger partial charge in [-0.3, -0.25) is 5.32 Å². The molecule has 204 valence electrons. The van der Waals surface area contributed by atoms with Gasteiger partial charge in [0, 0.05) is 29.7 Å². The Morgan fingerprint density at radius 1 is 1.12 bits per heavy atom. The van der Waals surface area contributed by atoms with Gasteiger partial charge in [0.05, 0.1) is 17.3 Å². The zero-order valence-corrected chi connectivity index (χ0v) is 23.7. The number of aryl methyl sites for hydroxylation is 1. The van der Waals surface area contributed by atoms with Gasteiger partial charge in [0.1, 0.15) is 29.3 Å². The number of para-hydroxylation sites is 2. The second-order valence-corrected chi connectivity index (χ2v) is 11.1. The number of nitrogens with zero attached hydrogens (tertiary/aromatic N) is 3. The molecule has 1 amide bonds. The molecule has 1 aliphatic rings. The smallest absolute Gasteiger partial charge is 0.412 e. The van der Waals surface area contributed by atoms with Gasteiger partial charge in [-0.1, -0.05) is 43.3 Å². The number of hydrogen-bond donors (Lipinski definition) is 1. The number of carbonyl (C=O) groups is 1. The van der Waals surface area contributed by atoms with E-state index in [0.29, 0.717) is 24.4 Å². The number of hydrogen-bond acceptors (Lipinski definition) is 5. The summed E-state index contributed by atoms with van der Waals surface area (Å²) in [5.41, 5.74) is 7.36. The highest BCUT2D eigenvalue weighted by Gasteiger charge is 2.23. The molecule has 1 aromatic heterocycles. The van der Waals surface area contributed by atoms with Crippen LogP contribution in [-0.2, 0) is 24.3 Å². The van der Waals surface area contributed by atoms with E-state index >= 15 is 0 Å². The molecular formula is C33H34N4O3. The topological polar surface area (TPSA) is 89.2 Å². The monoisotopic (exact) mass is 534 g/mol. The third-order valence-corrected chi connectivity index (χ3v) is 6.83. The van der Waals surface area contributed by atoms with Gasteiger partial charge in [-0.05, 0) is 75.1 Å². The summed E-state index contributed by atoms with van der Waals surface area (Å²) in [5, 5.41) is 12.7. The van der Waals surface area contributed by atoms with Crippen molar-refractivity contribution in [1.82, 2.24) is 9.55 Å². The molecule has 0 saturated heterocycles. The quantitative estimate of drug-likeness (QED) is 0.266. The van der Waals surface area contributed by atoms with Crippen LogP contribution in [0.4, 0.5) is 10.5 Å². The third kappa shape index (κ3) is 5.43. The molecule has 0 saturated carbocycles. The van der Waals surface area contributed by atoms with Crippen LogP contribution >= 0.6 is 0 Å². The van der Waals surface area contributed by atoms with Crippen LogP contribution in [-0.4, -0.2) is 21.2 Å². The van der Waals surface area contributed by atoms with Gasteiger partial charge >= 0.3 is 6.09 Å². The van der Waals surface area contributed by atoms with Crippen molar-refractivity contribution in [2.75, 3.05) is 5.32 Å². The van der Waals surface area contributed by atoms with Crippen LogP contribution in [0, 0.1) is 11.3 Å². The van der Waals surface area contributed by atoms with E-state index in [0.717, 1.165) is 63.3 Å². The van der Waals surface area contributed by atoms with Crippen LogP contribution in [0.3, 0.4) is 0 Å². The lowest BCUT2D eigenvalue weighted by atomic mass is 9.90. The van der Waals surface area contributed by atoms with E-state index in [1.807, 2.05) is 70.2 Å². The van der Waals surface area contributed by atoms with E-state index in [4.69, 9.17) is 14.5 Å². The summed E-state index contributed by atoms with van der Waals surface area (Å²) >= 11 is 0. The number of carbonyl (C=O) groups excluding carboxylic acids is 1. The van der Waals surface area contributed by atoms with Gasteiger partial charge in [-0.25, -0.2) is 9.78 Å². The minimum Gasteiger partial charge on any atom is -0.488 e. The molecule has 4 aromatic rings. The zero-order valence-electron chi connectivity index (χ0n) is 23.7. The van der Waals surface area contributed by atoms with Crippen molar-refractivity contribution in [3.05, 3.63) is 94.3 Å². The van der Waals surface area contributed by atoms with Crippen LogP contribution in [0.15, 0.2) is 66.2 Å². The van der Waals surface area contributed by atoms with Crippen molar-refractivity contribution in [2.45, 2.75) is 66.2 Å². The molecule has 0 radical (unpaired) electrons. The lowest BCUT2D eigenvalue weighted by Gasteiger charge is -2.19. The van der Waals surface area contributed by atoms with Gasteiger partial charge in [0.2, 0.25) is 0 Å². The molecule has 5 rings (SSSR count). The molecule has 1 N–H and O–H groups in total. The fourth-order valence-corrected chi connectivity index (χ4v) is 5.15. The fraction of sp³-hybridized carbons (Fsp3) is 0.303. The highest BCUT2D eigenvalue weighted by molar-refractivity contribution is 5.97. The number of allylic oxidation sites excluding steroid dienone is 1. The maximum atomic E-state index is 12.5. The Balaban J connectivity index is 1.53. The highest BCUT2D eigenvalue weighted by atomic mass is 16.6. The van der Waals surface area contributed by atoms with Gasteiger partial charge in [0.15, 0.2) is 0 Å². The van der Waals surface area contributed by atoms with Crippen molar-refractivity contribution in [2.24, 2.45) is 0 Å². The summed E-state index contributed by atoms with van der Waals surface area (Å²) in [5.74, 6) is 1.73. The summed E-state index contributed by atoms with van der Waals surface area (Å²) in [6, 6.07) is 22.4. The molecule has 0 bridgehead atoms. The predicted molar refractivity (Wildman–Crippen MR) is 157 cm³/mol. The molecule has 7 heteroatoms.